The van der Waals surface area contributed by atoms with Gasteiger partial charge in [-0.1, -0.05) is 17.3 Å². The van der Waals surface area contributed by atoms with Crippen molar-refractivity contribution in [2.45, 2.75) is 0 Å². The Morgan fingerprint density at radius 3 is 2.50 bits per heavy atom. The van der Waals surface area contributed by atoms with Crippen LogP contribution in [-0.4, -0.2) is 56.2 Å². The van der Waals surface area contributed by atoms with E-state index in [2.05, 4.69) is 54.8 Å². The number of ether oxygens (including phenoxy) is 1. The van der Waals surface area contributed by atoms with Gasteiger partial charge in [-0.3, -0.25) is 4.98 Å². The molecule has 0 saturated carbocycles. The zero-order valence-corrected chi connectivity index (χ0v) is 19.5. The van der Waals surface area contributed by atoms with Gasteiger partial charge in [-0.15, -0.1) is 5.10 Å². The highest BCUT2D eigenvalue weighted by atomic mass is 16.5. The fraction of sp³-hybridized carbons (Fsp3) is 0.148. The summed E-state index contributed by atoms with van der Waals surface area (Å²) in [6.07, 6.45) is 7.17. The summed E-state index contributed by atoms with van der Waals surface area (Å²) in [5.41, 5.74) is 6.57. The van der Waals surface area contributed by atoms with Crippen LogP contribution in [0.3, 0.4) is 0 Å². The largest absolute Gasteiger partial charge is 0.378 e. The number of aromatic nitrogens is 6. The van der Waals surface area contributed by atoms with Gasteiger partial charge in [0.1, 0.15) is 5.69 Å². The van der Waals surface area contributed by atoms with Crippen molar-refractivity contribution in [3.05, 3.63) is 91.5 Å². The molecule has 36 heavy (non-hydrogen) atoms. The van der Waals surface area contributed by atoms with Gasteiger partial charge in [0.2, 0.25) is 5.95 Å². The molecule has 0 spiro atoms. The van der Waals surface area contributed by atoms with E-state index in [0.29, 0.717) is 5.95 Å². The number of benzene rings is 2. The van der Waals surface area contributed by atoms with E-state index in [1.165, 1.54) is 5.69 Å². The Bertz CT molecular complexity index is 1450. The van der Waals surface area contributed by atoms with Crippen LogP contribution in [0.4, 0.5) is 17.3 Å². The van der Waals surface area contributed by atoms with Crippen LogP contribution in [0.1, 0.15) is 0 Å². The Labute approximate surface area is 208 Å². The van der Waals surface area contributed by atoms with Gasteiger partial charge in [-0.25, -0.2) is 14.6 Å². The van der Waals surface area contributed by atoms with Gasteiger partial charge in [-0.2, -0.15) is 0 Å². The van der Waals surface area contributed by atoms with E-state index in [1.54, 1.807) is 23.3 Å². The minimum absolute atomic E-state index is 0.539. The highest BCUT2D eigenvalue weighted by Gasteiger charge is 2.12. The Hall–Kier alpha value is -4.63. The summed E-state index contributed by atoms with van der Waals surface area (Å²) < 4.78 is 7.22. The van der Waals surface area contributed by atoms with Crippen LogP contribution >= 0.6 is 0 Å². The minimum atomic E-state index is 0.539. The van der Waals surface area contributed by atoms with E-state index in [1.807, 2.05) is 48.7 Å². The van der Waals surface area contributed by atoms with Crippen molar-refractivity contribution >= 4 is 17.3 Å². The van der Waals surface area contributed by atoms with Crippen molar-refractivity contribution in [2.24, 2.45) is 0 Å². The Morgan fingerprint density at radius 2 is 1.67 bits per heavy atom. The molecule has 0 atom stereocenters. The molecule has 9 nitrogen and oxygen atoms in total. The van der Waals surface area contributed by atoms with Gasteiger partial charge in [-0.05, 0) is 54.6 Å². The zero-order valence-electron chi connectivity index (χ0n) is 19.5. The molecule has 0 aliphatic carbocycles. The predicted octanol–water partition coefficient (Wildman–Crippen LogP) is 4.37. The Kier molecular flexibility index (Phi) is 6.03. The van der Waals surface area contributed by atoms with Crippen molar-refractivity contribution < 1.29 is 4.74 Å². The second-order valence-electron chi connectivity index (χ2n) is 8.38. The van der Waals surface area contributed by atoms with E-state index in [4.69, 9.17) is 9.72 Å². The van der Waals surface area contributed by atoms with Gasteiger partial charge in [0, 0.05) is 54.2 Å². The molecule has 0 bridgehead atoms. The summed E-state index contributed by atoms with van der Waals surface area (Å²) in [5.74, 6) is 0.539. The summed E-state index contributed by atoms with van der Waals surface area (Å²) in [6.45, 7) is 3.31. The zero-order chi connectivity index (χ0) is 24.2. The van der Waals surface area contributed by atoms with E-state index in [0.717, 1.165) is 60.2 Å². The van der Waals surface area contributed by atoms with E-state index < -0.39 is 0 Å². The number of anilines is 3. The molecule has 0 amide bonds. The van der Waals surface area contributed by atoms with E-state index in [-0.39, 0.29) is 0 Å². The average Bonchev–Trinajstić information content (AvgIpc) is 3.45. The van der Waals surface area contributed by atoms with Gasteiger partial charge < -0.3 is 15.0 Å². The normalized spacial score (nSPS) is 13.5. The summed E-state index contributed by atoms with van der Waals surface area (Å²) in [6, 6.07) is 22.1. The first-order valence-corrected chi connectivity index (χ1v) is 11.8. The van der Waals surface area contributed by atoms with E-state index in [9.17, 15) is 0 Å². The summed E-state index contributed by atoms with van der Waals surface area (Å²) in [4.78, 5) is 15.6. The van der Waals surface area contributed by atoms with Crippen molar-refractivity contribution in [3.8, 4) is 28.2 Å². The quantitative estimate of drug-likeness (QED) is 0.386. The Balaban J connectivity index is 1.17. The number of rotatable bonds is 6. The highest BCUT2D eigenvalue weighted by molar-refractivity contribution is 5.67. The molecule has 1 fully saturated rings. The lowest BCUT2D eigenvalue weighted by molar-refractivity contribution is 0.122. The number of morpholine rings is 1. The lowest BCUT2D eigenvalue weighted by atomic mass is 10.1. The molecule has 6 rings (SSSR count). The number of nitrogens with one attached hydrogen (secondary N) is 1. The van der Waals surface area contributed by atoms with Crippen molar-refractivity contribution in [1.29, 1.82) is 0 Å². The average molecular weight is 477 g/mol. The standard InChI is InChI=1S/C27H24N8O/c1-3-20(17-24(5-1)34-13-15-36-16-14-34)25-10-12-29-27(31-25)30-22-6-8-23(9-7-22)35-19-26(32-33-35)21-4-2-11-28-18-21/h1-12,17-19H,13-16H2,(H,29,30,31). The number of pyridine rings is 1. The summed E-state index contributed by atoms with van der Waals surface area (Å²) in [7, 11) is 0. The maximum Gasteiger partial charge on any atom is 0.227 e. The molecule has 0 radical (unpaired) electrons. The van der Waals surface area contributed by atoms with E-state index >= 15 is 0 Å². The number of hydrogen-bond acceptors (Lipinski definition) is 8. The van der Waals surface area contributed by atoms with Crippen LogP contribution < -0.4 is 10.2 Å². The molecular weight excluding hydrogens is 452 g/mol. The molecule has 1 aliphatic heterocycles. The topological polar surface area (TPSA) is 93.9 Å². The van der Waals surface area contributed by atoms with Crippen LogP contribution in [0.5, 0.6) is 0 Å². The third-order valence-electron chi connectivity index (χ3n) is 6.01. The molecular formula is C27H24N8O. The molecule has 1 N–H and O–H groups in total. The maximum atomic E-state index is 5.48. The second kappa shape index (κ2) is 9.93. The maximum absolute atomic E-state index is 5.48. The molecule has 1 saturated heterocycles. The Morgan fingerprint density at radius 1 is 0.806 bits per heavy atom. The van der Waals surface area contributed by atoms with Crippen molar-refractivity contribution in [3.63, 3.8) is 0 Å². The monoisotopic (exact) mass is 476 g/mol. The first-order chi connectivity index (χ1) is 17.8. The predicted molar refractivity (Wildman–Crippen MR) is 138 cm³/mol. The van der Waals surface area contributed by atoms with Gasteiger partial charge in [0.15, 0.2) is 0 Å². The smallest absolute Gasteiger partial charge is 0.227 e. The number of nitrogens with zero attached hydrogens (tertiary/aromatic N) is 7. The summed E-state index contributed by atoms with van der Waals surface area (Å²) >= 11 is 0. The van der Waals surface area contributed by atoms with Crippen LogP contribution in [-0.2, 0) is 4.74 Å². The lowest BCUT2D eigenvalue weighted by Gasteiger charge is -2.29. The van der Waals surface area contributed by atoms with Gasteiger partial charge >= 0.3 is 0 Å². The molecule has 178 valence electrons. The molecule has 3 aromatic heterocycles. The van der Waals surface area contributed by atoms with Crippen LogP contribution in [0.2, 0.25) is 0 Å². The third kappa shape index (κ3) is 4.77. The fourth-order valence-electron chi connectivity index (χ4n) is 4.13. The SMILES string of the molecule is c1cncc(-c2cn(-c3ccc(Nc4nccc(-c5cccc(N6CCOCC6)c5)n4)cc3)nn2)c1. The first kappa shape index (κ1) is 21.9. The molecule has 1 aliphatic rings. The molecule has 2 aromatic carbocycles. The fourth-order valence-corrected chi connectivity index (χ4v) is 4.13. The highest BCUT2D eigenvalue weighted by Crippen LogP contribution is 2.25. The third-order valence-corrected chi connectivity index (χ3v) is 6.01. The molecule has 9 heteroatoms. The van der Waals surface area contributed by atoms with Crippen molar-refractivity contribution in [1.82, 2.24) is 29.9 Å². The first-order valence-electron chi connectivity index (χ1n) is 11.8. The van der Waals surface area contributed by atoms with Gasteiger partial charge in [0.05, 0.1) is 30.8 Å². The van der Waals surface area contributed by atoms with Crippen molar-refractivity contribution in [2.75, 3.05) is 36.5 Å². The number of hydrogen-bond donors (Lipinski definition) is 1. The second-order valence-corrected chi connectivity index (χ2v) is 8.38. The molecule has 4 heterocycles. The van der Waals surface area contributed by atoms with Crippen LogP contribution in [0.15, 0.2) is 91.5 Å². The minimum Gasteiger partial charge on any atom is -0.378 e. The molecule has 0 unspecified atom stereocenters. The lowest BCUT2D eigenvalue weighted by Crippen LogP contribution is -2.36. The summed E-state index contributed by atoms with van der Waals surface area (Å²) in [5, 5.41) is 11.8. The van der Waals surface area contributed by atoms with Gasteiger partial charge in [0.25, 0.3) is 0 Å². The molecule has 5 aromatic rings. The van der Waals surface area contributed by atoms with Crippen LogP contribution in [0.25, 0.3) is 28.2 Å². The van der Waals surface area contributed by atoms with Crippen LogP contribution in [0, 0.1) is 0 Å².